The topological polar surface area (TPSA) is 118 Å². The van der Waals surface area contributed by atoms with E-state index < -0.39 is 24.1 Å². The van der Waals surface area contributed by atoms with Crippen molar-refractivity contribution in [2.75, 3.05) is 55.7 Å². The lowest BCUT2D eigenvalue weighted by Crippen LogP contribution is -2.58. The van der Waals surface area contributed by atoms with Gasteiger partial charge in [0.1, 0.15) is 18.0 Å². The Morgan fingerprint density at radius 1 is 0.746 bits per heavy atom. The van der Waals surface area contributed by atoms with Crippen LogP contribution >= 0.6 is 0 Å². The molecule has 1 aliphatic carbocycles. The van der Waals surface area contributed by atoms with Gasteiger partial charge in [-0.1, -0.05) is 116 Å². The fourth-order valence-corrected chi connectivity index (χ4v) is 11.1. The normalized spacial score (nSPS) is 21.6. The fraction of sp³-hybridized carbons (Fsp3) is 0.686. The van der Waals surface area contributed by atoms with Gasteiger partial charge >= 0.3 is 11.9 Å². The highest BCUT2D eigenvalue weighted by molar-refractivity contribution is 6.08. The van der Waals surface area contributed by atoms with Crippen LogP contribution in [0.3, 0.4) is 0 Å². The van der Waals surface area contributed by atoms with Crippen molar-refractivity contribution in [3.63, 3.8) is 0 Å². The molecule has 12 heteroatoms. The number of hydrogen-bond acceptors (Lipinski definition) is 10. The fourth-order valence-electron chi connectivity index (χ4n) is 10.6. The van der Waals surface area contributed by atoms with Crippen molar-refractivity contribution in [1.29, 1.82) is 0 Å². The smallest absolute Gasteiger partial charge is 0.338 e. The Bertz CT molecular complexity index is 1810. The van der Waals surface area contributed by atoms with Crippen LogP contribution in [0.15, 0.2) is 30.3 Å². The van der Waals surface area contributed by atoms with Crippen molar-refractivity contribution in [2.24, 2.45) is 17.8 Å². The molecule has 1 aromatic heterocycles. The molecule has 0 amide bonds. The molecule has 6 atom stereocenters. The van der Waals surface area contributed by atoms with E-state index in [2.05, 4.69) is 22.9 Å². The summed E-state index contributed by atoms with van der Waals surface area (Å²) in [5, 5.41) is 1.21. The van der Waals surface area contributed by atoms with Crippen LogP contribution in [0.5, 0.6) is 23.0 Å². The first-order valence-corrected chi connectivity index (χ1v) is 25.7. The summed E-state index contributed by atoms with van der Waals surface area (Å²) in [6, 6.07) is 10.9. The number of esters is 2. The highest BCUT2D eigenvalue weighted by atomic mass is 28.1. The number of carbonyl (C=O) groups excluding carboxylic acids is 2. The van der Waals surface area contributed by atoms with Gasteiger partial charge in [0.15, 0.2) is 11.5 Å². The van der Waals surface area contributed by atoms with E-state index in [1.54, 1.807) is 26.4 Å². The van der Waals surface area contributed by atoms with Gasteiger partial charge in [0, 0.05) is 53.1 Å². The largest absolute Gasteiger partial charge is 0.497 e. The lowest BCUT2D eigenvalue weighted by molar-refractivity contribution is -0.176. The summed E-state index contributed by atoms with van der Waals surface area (Å²) in [6.07, 6.45) is 24.6. The van der Waals surface area contributed by atoms with Gasteiger partial charge in [-0.2, -0.15) is 0 Å². The number of hydrogen-bond donors (Lipinski definition) is 1. The maximum Gasteiger partial charge on any atom is 0.338 e. The Morgan fingerprint density at radius 3 is 1.87 bits per heavy atom. The third-order valence-corrected chi connectivity index (χ3v) is 14.7. The molecule has 6 rings (SSSR count). The second-order valence-electron chi connectivity index (χ2n) is 18.0. The number of carbonyl (C=O) groups is 2. The monoisotopic (exact) mass is 893 g/mol. The SMILES string of the molecule is CCCCCCCCCCCCCCCCCC[SiH3].COC(=O)[C@H]1[C@H]2C[C@@H]3c4[nH]c5cc(OC)ccc5c4CCN3C[C@H]2C[C@@H](OC(=O)c2cc(OC)c(OC)c(OC)c2)[C@@H]1OC. The minimum absolute atomic E-state index is 0.0170. The average molecular weight is 893 g/mol. The number of H-pyrrole nitrogens is 1. The molecule has 1 saturated heterocycles. The molecule has 0 unspecified atom stereocenters. The Labute approximate surface area is 381 Å². The molecule has 2 fully saturated rings. The molecule has 3 aliphatic rings. The minimum Gasteiger partial charge on any atom is -0.497 e. The number of piperidine rings is 1. The van der Waals surface area contributed by atoms with E-state index in [1.165, 1.54) is 164 Å². The van der Waals surface area contributed by atoms with Crippen LogP contribution in [0.25, 0.3) is 10.9 Å². The summed E-state index contributed by atoms with van der Waals surface area (Å²) in [7, 11) is 10.5. The summed E-state index contributed by atoms with van der Waals surface area (Å²) in [5.41, 5.74) is 3.83. The molecule has 3 heterocycles. The summed E-state index contributed by atoms with van der Waals surface area (Å²) < 4.78 is 39.1. The molecule has 1 N–H and O–H groups in total. The number of nitrogens with one attached hydrogen (secondary N) is 1. The van der Waals surface area contributed by atoms with E-state index in [0.29, 0.717) is 23.7 Å². The first-order valence-electron chi connectivity index (χ1n) is 24.3. The van der Waals surface area contributed by atoms with Crippen LogP contribution in [0, 0.1) is 17.8 Å². The predicted molar refractivity (Wildman–Crippen MR) is 255 cm³/mol. The Morgan fingerprint density at radius 2 is 1.35 bits per heavy atom. The van der Waals surface area contributed by atoms with Crippen molar-refractivity contribution in [1.82, 2.24) is 9.88 Å². The molecular formula is C51H80N2O9Si. The average Bonchev–Trinajstić information content (AvgIpc) is 3.69. The zero-order valence-electron chi connectivity index (χ0n) is 40.0. The Hall–Kier alpha value is -3.74. The molecule has 2 aromatic carbocycles. The second-order valence-corrected chi connectivity index (χ2v) is 19.0. The highest BCUT2D eigenvalue weighted by Crippen LogP contribution is 2.51. The van der Waals surface area contributed by atoms with Crippen molar-refractivity contribution in [3.8, 4) is 23.0 Å². The van der Waals surface area contributed by atoms with Crippen molar-refractivity contribution >= 4 is 33.1 Å². The molecule has 63 heavy (non-hydrogen) atoms. The Balaban J connectivity index is 0.000000334. The van der Waals surface area contributed by atoms with Crippen molar-refractivity contribution < 1.29 is 42.7 Å². The van der Waals surface area contributed by atoms with Crippen LogP contribution in [0.1, 0.15) is 150 Å². The van der Waals surface area contributed by atoms with Crippen LogP contribution in [-0.4, -0.2) is 100 Å². The number of unbranched alkanes of at least 4 members (excludes halogenated alkanes) is 15. The number of ether oxygens (including phenoxy) is 7. The van der Waals surface area contributed by atoms with Crippen LogP contribution < -0.4 is 18.9 Å². The number of rotatable bonds is 24. The quantitative estimate of drug-likeness (QED) is 0.0529. The summed E-state index contributed by atoms with van der Waals surface area (Å²) in [6.45, 7) is 3.98. The predicted octanol–water partition coefficient (Wildman–Crippen LogP) is 10.2. The van der Waals surface area contributed by atoms with Crippen LogP contribution in [0.2, 0.25) is 6.04 Å². The van der Waals surface area contributed by atoms with Gasteiger partial charge in [0.2, 0.25) is 5.75 Å². The van der Waals surface area contributed by atoms with Gasteiger partial charge < -0.3 is 38.1 Å². The number of aromatic nitrogens is 1. The van der Waals surface area contributed by atoms with E-state index in [-0.39, 0.29) is 29.4 Å². The minimum atomic E-state index is -0.670. The zero-order valence-corrected chi connectivity index (χ0v) is 42.0. The van der Waals surface area contributed by atoms with Gasteiger partial charge in [-0.3, -0.25) is 9.69 Å². The summed E-state index contributed by atoms with van der Waals surface area (Å²) >= 11 is 0. The standard InChI is InChI=1S/C33H40N2O9.C18H40Si/c1-38-19-7-8-20-21-9-10-35-16-18-13-27(44-32(36)17-11-25(39-2)30(41-4)26(12-17)40-3)31(42-5)28(33(37)43-6)22(18)15-24(35)29(21)34-23(20)14-19;1-2-3-4-5-6-7-8-9-10-11-12-13-14-15-16-17-18-19/h7-8,11-12,14,18,22,24,27-28,31,34H,9-10,13,15-16H2,1-6H3;2-18H2,1,19H3/t18-,22+,24-,27-,28+,31+;/m1./s1. The first-order chi connectivity index (χ1) is 30.8. The van der Waals surface area contributed by atoms with E-state index in [9.17, 15) is 9.59 Å². The Kier molecular flexibility index (Phi) is 21.0. The first kappa shape index (κ1) is 50.3. The van der Waals surface area contributed by atoms with Crippen LogP contribution in [-0.2, 0) is 25.4 Å². The maximum atomic E-state index is 13.5. The number of benzene rings is 2. The molecule has 0 spiro atoms. The van der Waals surface area contributed by atoms with E-state index in [0.717, 1.165) is 37.2 Å². The van der Waals surface area contributed by atoms with E-state index in [1.807, 2.05) is 12.1 Å². The van der Waals surface area contributed by atoms with Gasteiger partial charge in [0.25, 0.3) is 0 Å². The molecule has 0 radical (unpaired) electrons. The van der Waals surface area contributed by atoms with Gasteiger partial charge in [-0.25, -0.2) is 4.79 Å². The maximum absolute atomic E-state index is 13.5. The zero-order chi connectivity index (χ0) is 45.1. The molecule has 0 bridgehead atoms. The van der Waals surface area contributed by atoms with Crippen LogP contribution in [0.4, 0.5) is 0 Å². The summed E-state index contributed by atoms with van der Waals surface area (Å²) in [5.74, 6) is 0.441. The lowest BCUT2D eigenvalue weighted by atomic mass is 9.63. The molecule has 1 saturated carbocycles. The van der Waals surface area contributed by atoms with Crippen molar-refractivity contribution in [3.05, 3.63) is 47.2 Å². The number of nitrogens with zero attached hydrogens (tertiary/aromatic N) is 1. The molecule has 352 valence electrons. The third kappa shape index (κ3) is 13.2. The third-order valence-electron chi connectivity index (χ3n) is 14.0. The molecule has 3 aromatic rings. The number of aromatic amines is 1. The summed E-state index contributed by atoms with van der Waals surface area (Å²) in [4.78, 5) is 33.1. The van der Waals surface area contributed by atoms with Gasteiger partial charge in [-0.15, -0.1) is 0 Å². The molecule has 2 aliphatic heterocycles. The van der Waals surface area contributed by atoms with Gasteiger partial charge in [0.05, 0.1) is 53.1 Å². The second kappa shape index (κ2) is 26.3. The number of fused-ring (bicyclic) bond motifs is 6. The highest BCUT2D eigenvalue weighted by Gasteiger charge is 2.54. The van der Waals surface area contributed by atoms with Gasteiger partial charge in [-0.05, 0) is 60.9 Å². The van der Waals surface area contributed by atoms with E-state index in [4.69, 9.17) is 33.2 Å². The lowest BCUT2D eigenvalue weighted by Gasteiger charge is -2.52. The molecule has 11 nitrogen and oxygen atoms in total. The molecular weight excluding hydrogens is 813 g/mol. The van der Waals surface area contributed by atoms with Crippen molar-refractivity contribution in [2.45, 2.75) is 153 Å². The number of methoxy groups -OCH3 is 6. The van der Waals surface area contributed by atoms with E-state index >= 15 is 0 Å².